The molecule has 0 saturated carbocycles. The molecular formula is C44H44MgN8O9P2+2. The third kappa shape index (κ3) is 9.09. The Morgan fingerprint density at radius 3 is 1.67 bits per heavy atom. The van der Waals surface area contributed by atoms with E-state index < -0.39 is 15.2 Å². The fourth-order valence-corrected chi connectivity index (χ4v) is 9.69. The molecule has 0 spiro atoms. The Morgan fingerprint density at radius 1 is 0.562 bits per heavy atom. The van der Waals surface area contributed by atoms with Crippen LogP contribution < -0.4 is 38.7 Å². The summed E-state index contributed by atoms with van der Waals surface area (Å²) in [6.07, 6.45) is 1.31. The Balaban J connectivity index is 0.00000560. The number of hydrogen-bond acceptors (Lipinski definition) is 10. The van der Waals surface area contributed by atoms with Crippen LogP contribution in [0.4, 0.5) is 0 Å². The number of unbranched alkanes of at least 4 members (excludes halogenated alkanes) is 3. The van der Waals surface area contributed by atoms with Gasteiger partial charge in [-0.3, -0.25) is 14.5 Å². The van der Waals surface area contributed by atoms with Gasteiger partial charge in [0.1, 0.15) is 34.4 Å². The summed E-state index contributed by atoms with van der Waals surface area (Å²) in [6, 6.07) is 22.0. The Bertz CT molecular complexity index is 3180. The second-order valence-corrected chi connectivity index (χ2v) is 18.6. The number of H-pyrrole nitrogens is 2. The first-order valence-corrected chi connectivity index (χ1v) is 24.3. The normalized spacial score (nSPS) is 12.9. The zero-order valence-electron chi connectivity index (χ0n) is 35.4. The number of hydrogen-bond donors (Lipinski definition) is 3. The summed E-state index contributed by atoms with van der Waals surface area (Å²) in [5.74, 6) is 3.66. The number of fused-ring (bicyclic) bond motifs is 20. The first-order valence-electron chi connectivity index (χ1n) is 20.7. The number of benzene rings is 4. The zero-order valence-corrected chi connectivity index (χ0v) is 38.6. The van der Waals surface area contributed by atoms with Crippen LogP contribution in [0.2, 0.25) is 0 Å². The molecule has 8 bridgehead atoms. The summed E-state index contributed by atoms with van der Waals surface area (Å²) in [6.45, 7) is 6.96. The average molecular weight is 915 g/mol. The van der Waals surface area contributed by atoms with Crippen molar-refractivity contribution in [3.8, 4) is 68.5 Å². The molecule has 0 fully saturated rings. The first kappa shape index (κ1) is 45.1. The van der Waals surface area contributed by atoms with Crippen LogP contribution in [-0.2, 0) is 9.13 Å². The smallest absolute Gasteiger partial charge is 0.493 e. The van der Waals surface area contributed by atoms with Gasteiger partial charge in [-0.25, -0.2) is 9.55 Å². The van der Waals surface area contributed by atoms with Gasteiger partial charge in [0, 0.05) is 28.0 Å². The van der Waals surface area contributed by atoms with E-state index in [2.05, 4.69) is 9.97 Å². The molecule has 5 heterocycles. The molecule has 324 valence electrons. The summed E-state index contributed by atoms with van der Waals surface area (Å²) in [5, 5.41) is 2.49. The summed E-state index contributed by atoms with van der Waals surface area (Å²) < 4.78 is 48.7. The van der Waals surface area contributed by atoms with Crippen molar-refractivity contribution in [1.82, 2.24) is 29.9 Å². The molecule has 0 amide bonds. The molecule has 1 atom stereocenters. The van der Waals surface area contributed by atoms with E-state index in [4.69, 9.17) is 58.4 Å². The van der Waals surface area contributed by atoms with E-state index in [9.17, 15) is 14.0 Å². The largest absolute Gasteiger partial charge is 2.00 e. The van der Waals surface area contributed by atoms with Crippen LogP contribution in [0.1, 0.15) is 46.5 Å². The van der Waals surface area contributed by atoms with Crippen LogP contribution in [0.25, 0.3) is 89.7 Å². The van der Waals surface area contributed by atoms with E-state index in [1.807, 2.05) is 75.4 Å². The quantitative estimate of drug-likeness (QED) is 0.0529. The molecule has 3 aromatic heterocycles. The fraction of sp³-hybridized carbons (Fsp3) is 0.273. The van der Waals surface area contributed by atoms with E-state index in [0.29, 0.717) is 136 Å². The van der Waals surface area contributed by atoms with Crippen molar-refractivity contribution >= 4 is 82.4 Å². The molecule has 2 aliphatic heterocycles. The minimum absolute atomic E-state index is 0. The predicted octanol–water partition coefficient (Wildman–Crippen LogP) is 7.08. The van der Waals surface area contributed by atoms with Gasteiger partial charge in [0.05, 0.1) is 48.1 Å². The van der Waals surface area contributed by atoms with Crippen molar-refractivity contribution in [1.29, 1.82) is 0 Å². The van der Waals surface area contributed by atoms with E-state index in [1.165, 1.54) is 0 Å². The maximum Gasteiger partial charge on any atom is 2.00 e. The number of ether oxygens (including phenoxy) is 3. The maximum atomic E-state index is 13.3. The Kier molecular flexibility index (Phi) is 13.1. The number of nitrogens with one attached hydrogen (secondary N) is 2. The van der Waals surface area contributed by atoms with E-state index in [0.717, 1.165) is 10.9 Å². The number of rotatable bonds is 15. The van der Waals surface area contributed by atoms with Crippen molar-refractivity contribution < 1.29 is 52.5 Å². The van der Waals surface area contributed by atoms with Gasteiger partial charge in [-0.2, -0.15) is 0 Å². The van der Waals surface area contributed by atoms with Crippen molar-refractivity contribution in [3.05, 3.63) is 72.8 Å². The molecule has 7 aromatic rings. The third-order valence-corrected chi connectivity index (χ3v) is 12.8. The molecule has 5 N–H and O–H groups in total. The average Bonchev–Trinajstić information content (AvgIpc) is 3.98. The number of aromatic amines is 2. The second kappa shape index (κ2) is 18.6. The molecule has 4 aromatic carbocycles. The number of nitrogens with zero attached hydrogens (tertiary/aromatic N) is 6. The Morgan fingerprint density at radius 2 is 1.06 bits per heavy atom. The van der Waals surface area contributed by atoms with Crippen LogP contribution in [0.5, 0.6) is 23.0 Å². The topological polar surface area (TPSA) is 240 Å². The summed E-state index contributed by atoms with van der Waals surface area (Å²) in [5.41, 5.74) is 4.11. The molecule has 9 rings (SSSR count). The Hall–Kier alpha value is -5.45. The summed E-state index contributed by atoms with van der Waals surface area (Å²) in [7, 11) is -8.22. The molecule has 0 radical (unpaired) electrons. The van der Waals surface area contributed by atoms with Gasteiger partial charge in [0.15, 0.2) is 16.9 Å². The molecule has 64 heavy (non-hydrogen) atoms. The van der Waals surface area contributed by atoms with Crippen LogP contribution in [-0.4, -0.2) is 89.8 Å². The first-order chi connectivity index (χ1) is 30.4. The van der Waals surface area contributed by atoms with Crippen molar-refractivity contribution in [2.45, 2.75) is 46.5 Å². The SMILES string of the molecule is CCOc1cccc2c1-c1nc3[n-]c(nc4[nH+]c(nc5[n-]c(nc-2[nH+]1)c1c(OCC)cccc51)-c1c(OCC)cccc1-4)c1cc(OP(=O)(O)CCCCCCP(=O)(O)O)ccc31.[Mg+2]. The molecular weight excluding hydrogens is 871 g/mol. The Labute approximate surface area is 382 Å². The maximum absolute atomic E-state index is 13.3. The van der Waals surface area contributed by atoms with Crippen LogP contribution >= 0.6 is 15.2 Å². The molecule has 1 unspecified atom stereocenters. The van der Waals surface area contributed by atoms with Crippen LogP contribution in [0.3, 0.4) is 0 Å². The van der Waals surface area contributed by atoms with Gasteiger partial charge < -0.3 is 43.4 Å². The van der Waals surface area contributed by atoms with Gasteiger partial charge in [-0.15, -0.1) is 0 Å². The van der Waals surface area contributed by atoms with Crippen molar-refractivity contribution in [2.24, 2.45) is 0 Å². The van der Waals surface area contributed by atoms with Gasteiger partial charge >= 0.3 is 38.2 Å². The minimum Gasteiger partial charge on any atom is -0.493 e. The van der Waals surface area contributed by atoms with Crippen LogP contribution in [0.15, 0.2) is 72.8 Å². The van der Waals surface area contributed by atoms with E-state index >= 15 is 0 Å². The number of aromatic nitrogens is 8. The molecule has 20 heteroatoms. The second-order valence-electron chi connectivity index (χ2n) is 14.9. The molecule has 2 aliphatic rings. The standard InChI is InChI=1S/C44H42N8O9P2.Mg/c1-4-58-31-17-11-14-27-34(31)43-48-38(27)46-41-30-24-25(61-63(56,57)23-10-8-7-9-22-62(53,54)55)20-21-26(30)37(45-41)47-42-35-28(15-12-18-32(35)59-5-2)39(49-42)51-44-36-29(40(50-43)52-44)16-13-19-33(36)60-6-3;/h11-21,24H,4-10,22-23H2,1-3H3,(H3-2,45,46,47,48,49,50,51,52,53,54,55,56,57);/q-2;+2/p+2. The zero-order chi connectivity index (χ0) is 43.9. The van der Waals surface area contributed by atoms with Gasteiger partial charge in [-0.1, -0.05) is 52.1 Å². The molecule has 0 aliphatic carbocycles. The molecule has 0 saturated heterocycles. The van der Waals surface area contributed by atoms with Gasteiger partial charge in [0.2, 0.25) is 0 Å². The van der Waals surface area contributed by atoms with Gasteiger partial charge in [0.25, 0.3) is 17.5 Å². The van der Waals surface area contributed by atoms with E-state index in [-0.39, 0.29) is 46.8 Å². The van der Waals surface area contributed by atoms with Crippen molar-refractivity contribution in [3.63, 3.8) is 0 Å². The third-order valence-electron chi connectivity index (χ3n) is 10.6. The predicted molar refractivity (Wildman–Crippen MR) is 241 cm³/mol. The minimum atomic E-state index is -4.13. The molecule has 17 nitrogen and oxygen atoms in total. The van der Waals surface area contributed by atoms with Gasteiger partial charge in [-0.05, 0) is 82.1 Å². The monoisotopic (exact) mass is 914 g/mol. The summed E-state index contributed by atoms with van der Waals surface area (Å²) >= 11 is 0. The van der Waals surface area contributed by atoms with Crippen LogP contribution in [0, 0.1) is 0 Å². The summed E-state index contributed by atoms with van der Waals surface area (Å²) in [4.78, 5) is 66.5. The van der Waals surface area contributed by atoms with E-state index in [1.54, 1.807) is 18.2 Å². The fourth-order valence-electron chi connectivity index (χ4n) is 7.90. The van der Waals surface area contributed by atoms with Crippen molar-refractivity contribution in [2.75, 3.05) is 32.1 Å².